The Balaban J connectivity index is 1.66. The van der Waals surface area contributed by atoms with E-state index in [1.54, 1.807) is 26.9 Å². The Morgan fingerprint density at radius 1 is 1.06 bits per heavy atom. The first kappa shape index (κ1) is 34.6. The standard InChI is InChI=1S/C39H51N3O5/c1-8-21-40(24-29-15-13-12-14-16-29)35(44)32-33-36(45)42(31(25-43)27(6)10-3)34(39(33)20-19-38(32,11-4)47-39)37(46)41(22-9-2)30-23-26(5)17-18-28(30)7/h8-9,12-18,23,27,31-34,43H,1-2,10-11,19-22,24-25H2,3-7H3/t27-,31-,32-,33-,34?,38+,39?/m0/s1. The van der Waals surface area contributed by atoms with Gasteiger partial charge in [0.25, 0.3) is 5.91 Å². The maximum Gasteiger partial charge on any atom is 0.253 e. The smallest absolute Gasteiger partial charge is 0.253 e. The summed E-state index contributed by atoms with van der Waals surface area (Å²) in [6, 6.07) is 14.1. The van der Waals surface area contributed by atoms with Crippen LogP contribution >= 0.6 is 0 Å². The van der Waals surface area contributed by atoms with Crippen LogP contribution in [0.2, 0.25) is 0 Å². The van der Waals surface area contributed by atoms with Crippen LogP contribution in [0.3, 0.4) is 0 Å². The van der Waals surface area contributed by atoms with Gasteiger partial charge in [-0.05, 0) is 61.8 Å². The van der Waals surface area contributed by atoms with Crippen molar-refractivity contribution in [1.29, 1.82) is 0 Å². The number of benzene rings is 2. The Bertz CT molecular complexity index is 1510. The first-order chi connectivity index (χ1) is 22.5. The van der Waals surface area contributed by atoms with E-state index < -0.39 is 35.1 Å². The van der Waals surface area contributed by atoms with Crippen molar-refractivity contribution in [3.63, 3.8) is 0 Å². The zero-order valence-electron chi connectivity index (χ0n) is 28.7. The molecule has 3 fully saturated rings. The summed E-state index contributed by atoms with van der Waals surface area (Å²) in [5, 5.41) is 10.8. The predicted molar refractivity (Wildman–Crippen MR) is 185 cm³/mol. The highest BCUT2D eigenvalue weighted by Crippen LogP contribution is 2.65. The maximum atomic E-state index is 15.2. The lowest BCUT2D eigenvalue weighted by Crippen LogP contribution is -2.60. The summed E-state index contributed by atoms with van der Waals surface area (Å²) in [4.78, 5) is 50.1. The van der Waals surface area contributed by atoms with Gasteiger partial charge in [-0.3, -0.25) is 14.4 Å². The van der Waals surface area contributed by atoms with Gasteiger partial charge >= 0.3 is 0 Å². The van der Waals surface area contributed by atoms with E-state index in [0.717, 1.165) is 22.4 Å². The van der Waals surface area contributed by atoms with Gasteiger partial charge < -0.3 is 24.5 Å². The van der Waals surface area contributed by atoms with Gasteiger partial charge in [0.2, 0.25) is 11.8 Å². The van der Waals surface area contributed by atoms with Crippen LogP contribution in [0.15, 0.2) is 73.8 Å². The topological polar surface area (TPSA) is 90.4 Å². The average molecular weight is 642 g/mol. The number of nitrogens with zero attached hydrogens (tertiary/aromatic N) is 3. The molecule has 8 heteroatoms. The largest absolute Gasteiger partial charge is 0.394 e. The van der Waals surface area contributed by atoms with E-state index >= 15 is 9.59 Å². The van der Waals surface area contributed by atoms with E-state index in [1.807, 2.05) is 83.1 Å². The normalized spacial score (nSPS) is 27.3. The van der Waals surface area contributed by atoms with Crippen molar-refractivity contribution < 1.29 is 24.2 Å². The van der Waals surface area contributed by atoms with Gasteiger partial charge in [0, 0.05) is 25.3 Å². The van der Waals surface area contributed by atoms with Crippen molar-refractivity contribution in [3.05, 3.63) is 90.5 Å². The Hall–Kier alpha value is -3.75. The van der Waals surface area contributed by atoms with Crippen LogP contribution in [0.1, 0.15) is 63.1 Å². The molecule has 2 unspecified atom stereocenters. The molecule has 47 heavy (non-hydrogen) atoms. The van der Waals surface area contributed by atoms with Crippen LogP contribution in [0.25, 0.3) is 0 Å². The number of hydrogen-bond donors (Lipinski definition) is 1. The summed E-state index contributed by atoms with van der Waals surface area (Å²) in [7, 11) is 0. The minimum atomic E-state index is -1.21. The van der Waals surface area contributed by atoms with Crippen molar-refractivity contribution in [2.75, 3.05) is 24.6 Å². The number of carbonyl (C=O) groups excluding carboxylic acids is 3. The number of fused-ring (bicyclic) bond motifs is 1. The molecule has 2 aromatic rings. The zero-order valence-corrected chi connectivity index (χ0v) is 28.7. The molecule has 0 aromatic heterocycles. The van der Waals surface area contributed by atoms with Gasteiger partial charge in [-0.1, -0.05) is 81.8 Å². The zero-order chi connectivity index (χ0) is 34.1. The number of aliphatic hydroxyl groups is 1. The van der Waals surface area contributed by atoms with Crippen LogP contribution in [0.5, 0.6) is 0 Å². The molecule has 5 rings (SSSR count). The van der Waals surface area contributed by atoms with E-state index in [0.29, 0.717) is 38.8 Å². The fourth-order valence-corrected chi connectivity index (χ4v) is 8.47. The molecule has 0 aliphatic carbocycles. The van der Waals surface area contributed by atoms with Gasteiger partial charge in [-0.25, -0.2) is 0 Å². The Morgan fingerprint density at radius 2 is 1.77 bits per heavy atom. The number of amides is 3. The summed E-state index contributed by atoms with van der Waals surface area (Å²) in [6.45, 7) is 18.5. The Morgan fingerprint density at radius 3 is 2.38 bits per heavy atom. The highest BCUT2D eigenvalue weighted by Gasteiger charge is 2.79. The quantitative estimate of drug-likeness (QED) is 0.272. The molecular formula is C39H51N3O5. The van der Waals surface area contributed by atoms with Gasteiger partial charge in [0.1, 0.15) is 11.6 Å². The molecule has 1 spiro atoms. The number of aliphatic hydroxyl groups excluding tert-OH is 1. The minimum Gasteiger partial charge on any atom is -0.394 e. The van der Waals surface area contributed by atoms with E-state index in [9.17, 15) is 9.90 Å². The van der Waals surface area contributed by atoms with E-state index in [2.05, 4.69) is 13.2 Å². The first-order valence-electron chi connectivity index (χ1n) is 17.1. The van der Waals surface area contributed by atoms with Crippen LogP contribution in [0.4, 0.5) is 5.69 Å². The highest BCUT2D eigenvalue weighted by atomic mass is 16.5. The number of anilines is 1. The van der Waals surface area contributed by atoms with Crippen molar-refractivity contribution in [2.45, 2.75) is 90.1 Å². The molecule has 3 aliphatic heterocycles. The maximum absolute atomic E-state index is 15.2. The third kappa shape index (κ3) is 5.73. The molecule has 0 saturated carbocycles. The second-order valence-electron chi connectivity index (χ2n) is 13.7. The summed E-state index contributed by atoms with van der Waals surface area (Å²) in [5.74, 6) is -2.45. The SMILES string of the molecule is C=CCN(Cc1ccccc1)C(=O)[C@@H]1[C@H]2C(=O)N([C@@H](CO)[C@@H](C)CC)C(C(=O)N(CC=C)c3cc(C)ccc3C)C23CC[C@@]1(CC)O3. The summed E-state index contributed by atoms with van der Waals surface area (Å²) in [5.41, 5.74) is 1.56. The van der Waals surface area contributed by atoms with Gasteiger partial charge in [-0.2, -0.15) is 0 Å². The lowest BCUT2D eigenvalue weighted by Gasteiger charge is -2.41. The van der Waals surface area contributed by atoms with Crippen molar-refractivity contribution in [2.24, 2.45) is 17.8 Å². The number of aryl methyl sites for hydroxylation is 2. The van der Waals surface area contributed by atoms with Crippen LogP contribution in [-0.4, -0.2) is 75.6 Å². The molecule has 2 aromatic carbocycles. The van der Waals surface area contributed by atoms with Crippen molar-refractivity contribution in [1.82, 2.24) is 9.80 Å². The van der Waals surface area contributed by atoms with Crippen molar-refractivity contribution >= 4 is 23.4 Å². The molecule has 8 nitrogen and oxygen atoms in total. The van der Waals surface area contributed by atoms with Gasteiger partial charge in [0.05, 0.1) is 30.1 Å². The second kappa shape index (κ2) is 13.8. The van der Waals surface area contributed by atoms with Crippen LogP contribution in [-0.2, 0) is 25.7 Å². The Labute approximate surface area is 280 Å². The molecule has 7 atom stereocenters. The summed E-state index contributed by atoms with van der Waals surface area (Å²) >= 11 is 0. The molecule has 3 aliphatic rings. The highest BCUT2D eigenvalue weighted by molar-refractivity contribution is 6.05. The number of rotatable bonds is 14. The number of ether oxygens (including phenoxy) is 1. The third-order valence-corrected chi connectivity index (χ3v) is 11.1. The van der Waals surface area contributed by atoms with E-state index in [4.69, 9.17) is 4.74 Å². The molecule has 3 heterocycles. The molecule has 3 amide bonds. The Kier molecular flexibility index (Phi) is 10.1. The molecule has 2 bridgehead atoms. The third-order valence-electron chi connectivity index (χ3n) is 11.1. The minimum absolute atomic E-state index is 0.0927. The lowest BCUT2D eigenvalue weighted by atomic mass is 9.64. The second-order valence-corrected chi connectivity index (χ2v) is 13.7. The molecule has 1 N–H and O–H groups in total. The molecular weight excluding hydrogens is 590 g/mol. The lowest BCUT2D eigenvalue weighted by molar-refractivity contribution is -0.154. The van der Waals surface area contributed by atoms with Gasteiger partial charge in [-0.15, -0.1) is 13.2 Å². The van der Waals surface area contributed by atoms with Crippen LogP contribution < -0.4 is 4.90 Å². The number of likely N-dealkylation sites (tertiary alicyclic amines) is 1. The van der Waals surface area contributed by atoms with Crippen molar-refractivity contribution in [3.8, 4) is 0 Å². The summed E-state index contributed by atoms with van der Waals surface area (Å²) in [6.07, 6.45) is 5.67. The number of hydrogen-bond acceptors (Lipinski definition) is 5. The summed E-state index contributed by atoms with van der Waals surface area (Å²) < 4.78 is 7.10. The fourth-order valence-electron chi connectivity index (χ4n) is 8.47. The molecule has 0 radical (unpaired) electrons. The average Bonchev–Trinajstić information content (AvgIpc) is 3.68. The monoisotopic (exact) mass is 641 g/mol. The first-order valence-corrected chi connectivity index (χ1v) is 17.1. The fraction of sp³-hybridized carbons (Fsp3) is 0.513. The molecule has 252 valence electrons. The van der Waals surface area contributed by atoms with Gasteiger partial charge in [0.15, 0.2) is 0 Å². The van der Waals surface area contributed by atoms with Crippen LogP contribution in [0, 0.1) is 31.6 Å². The van der Waals surface area contributed by atoms with E-state index in [-0.39, 0.29) is 36.8 Å². The van der Waals surface area contributed by atoms with E-state index in [1.165, 1.54) is 0 Å². The molecule has 3 saturated heterocycles. The number of carbonyl (C=O) groups is 3. The predicted octanol–water partition coefficient (Wildman–Crippen LogP) is 5.60.